The van der Waals surface area contributed by atoms with Crippen LogP contribution in [-0.4, -0.2) is 48.3 Å². The second-order valence-electron chi connectivity index (χ2n) is 5.55. The summed E-state index contributed by atoms with van der Waals surface area (Å²) in [6.45, 7) is 3.98. The van der Waals surface area contributed by atoms with Crippen molar-refractivity contribution in [3.8, 4) is 0 Å². The zero-order chi connectivity index (χ0) is 19.4. The Bertz CT molecular complexity index is 665. The number of hydrogen-bond donors (Lipinski definition) is 2. The molecule has 25 heavy (non-hydrogen) atoms. The lowest BCUT2D eigenvalue weighted by Gasteiger charge is -2.09. The van der Waals surface area contributed by atoms with E-state index in [0.29, 0.717) is 5.69 Å². The van der Waals surface area contributed by atoms with E-state index in [1.54, 1.807) is 26.1 Å². The fourth-order valence-electron chi connectivity index (χ4n) is 1.99. The minimum atomic E-state index is -4.56. The first-order valence-electron chi connectivity index (χ1n) is 7.33. The number of hydrogen-bond acceptors (Lipinski definition) is 5. The average molecular weight is 364 g/mol. The van der Waals surface area contributed by atoms with Gasteiger partial charge in [-0.1, -0.05) is 0 Å². The molecular weight excluding hydrogens is 345 g/mol. The molecule has 0 atom stereocenters. The summed E-state index contributed by atoms with van der Waals surface area (Å²) in [5.74, 6) is -2.68. The lowest BCUT2D eigenvalue weighted by molar-refractivity contribution is -0.140. The van der Waals surface area contributed by atoms with Crippen LogP contribution in [0.4, 0.5) is 13.2 Å². The maximum Gasteiger partial charge on any atom is 0.405 e. The molecule has 1 amide bonds. The molecule has 0 saturated carbocycles. The van der Waals surface area contributed by atoms with E-state index in [2.05, 4.69) is 9.72 Å². The summed E-state index contributed by atoms with van der Waals surface area (Å²) in [5.41, 5.74) is 0.736. The third-order valence-electron chi connectivity index (χ3n) is 3.01. The summed E-state index contributed by atoms with van der Waals surface area (Å²) in [6, 6.07) is 0. The van der Waals surface area contributed by atoms with Gasteiger partial charge in [0.05, 0.1) is 11.7 Å². The topological polar surface area (TPSA) is 97.5 Å². The van der Waals surface area contributed by atoms with Crippen LogP contribution in [0, 0.1) is 13.8 Å². The summed E-state index contributed by atoms with van der Waals surface area (Å²) in [7, 11) is 0. The molecule has 2 N–H and O–H groups in total. The Morgan fingerprint density at radius 1 is 1.16 bits per heavy atom. The first kappa shape index (κ1) is 20.5. The van der Waals surface area contributed by atoms with Crippen LogP contribution in [0.3, 0.4) is 0 Å². The number of aryl methyl sites for hydroxylation is 1. The van der Waals surface area contributed by atoms with Gasteiger partial charge >= 0.3 is 18.1 Å². The van der Waals surface area contributed by atoms with E-state index in [0.717, 1.165) is 0 Å². The summed E-state index contributed by atoms with van der Waals surface area (Å²) in [5, 5.41) is 1.57. The predicted molar refractivity (Wildman–Crippen MR) is 80.2 cm³/mol. The van der Waals surface area contributed by atoms with Gasteiger partial charge in [0.1, 0.15) is 12.2 Å². The summed E-state index contributed by atoms with van der Waals surface area (Å²) < 4.78 is 45.7. The van der Waals surface area contributed by atoms with Crippen molar-refractivity contribution in [1.29, 1.82) is 0 Å². The number of rotatable bonds is 6. The molecule has 0 aliphatic heterocycles. The molecule has 0 aromatic carbocycles. The fraction of sp³-hybridized carbons (Fsp3) is 0.533. The van der Waals surface area contributed by atoms with Gasteiger partial charge in [0.25, 0.3) is 5.91 Å². The highest BCUT2D eigenvalue weighted by Gasteiger charge is 2.28. The van der Waals surface area contributed by atoms with Crippen LogP contribution in [0.5, 0.6) is 0 Å². The molecular formula is C15H19F3N2O5. The highest BCUT2D eigenvalue weighted by Crippen LogP contribution is 2.20. The van der Waals surface area contributed by atoms with Crippen LogP contribution in [0.25, 0.3) is 0 Å². The fourth-order valence-corrected chi connectivity index (χ4v) is 1.99. The molecule has 0 fully saturated rings. The SMILES string of the molecule is Cc1[nH]c(C(=O)OCC(=O)NCC(F)(F)F)c(C)c1C(=O)OC(C)C. The minimum Gasteiger partial charge on any atom is -0.459 e. The van der Waals surface area contributed by atoms with Crippen molar-refractivity contribution in [1.82, 2.24) is 10.3 Å². The monoisotopic (exact) mass is 364 g/mol. The summed E-state index contributed by atoms with van der Waals surface area (Å²) in [6.07, 6.45) is -4.91. The van der Waals surface area contributed by atoms with E-state index >= 15 is 0 Å². The van der Waals surface area contributed by atoms with Crippen LogP contribution < -0.4 is 5.32 Å². The van der Waals surface area contributed by atoms with Crippen LogP contribution >= 0.6 is 0 Å². The van der Waals surface area contributed by atoms with E-state index in [9.17, 15) is 27.6 Å². The molecule has 1 aromatic rings. The van der Waals surface area contributed by atoms with E-state index in [-0.39, 0.29) is 22.9 Å². The van der Waals surface area contributed by atoms with Crippen molar-refractivity contribution in [3.05, 3.63) is 22.5 Å². The van der Waals surface area contributed by atoms with E-state index in [1.165, 1.54) is 6.92 Å². The summed E-state index contributed by atoms with van der Waals surface area (Å²) in [4.78, 5) is 37.9. The Morgan fingerprint density at radius 2 is 1.76 bits per heavy atom. The number of aromatic nitrogens is 1. The highest BCUT2D eigenvalue weighted by atomic mass is 19.4. The van der Waals surface area contributed by atoms with Gasteiger partial charge in [0.2, 0.25) is 0 Å². The second kappa shape index (κ2) is 8.04. The van der Waals surface area contributed by atoms with Gasteiger partial charge < -0.3 is 19.8 Å². The second-order valence-corrected chi connectivity index (χ2v) is 5.55. The maximum atomic E-state index is 12.0. The number of esters is 2. The zero-order valence-corrected chi connectivity index (χ0v) is 14.2. The molecule has 1 aromatic heterocycles. The Labute approximate surface area is 141 Å². The molecule has 0 aliphatic rings. The van der Waals surface area contributed by atoms with Gasteiger partial charge in [0.15, 0.2) is 6.61 Å². The van der Waals surface area contributed by atoms with Crippen molar-refractivity contribution in [2.45, 2.75) is 40.0 Å². The van der Waals surface area contributed by atoms with Crippen molar-refractivity contribution >= 4 is 17.8 Å². The average Bonchev–Trinajstić information content (AvgIpc) is 2.76. The van der Waals surface area contributed by atoms with Gasteiger partial charge in [-0.3, -0.25) is 4.79 Å². The largest absolute Gasteiger partial charge is 0.459 e. The standard InChI is InChI=1S/C15H19F3N2O5/c1-7(2)25-13(22)11-8(3)12(20-9(11)4)14(23)24-5-10(21)19-6-15(16,17)18/h7,20H,5-6H2,1-4H3,(H,19,21). The molecule has 0 radical (unpaired) electrons. The first-order valence-corrected chi connectivity index (χ1v) is 7.33. The Morgan fingerprint density at radius 3 is 2.28 bits per heavy atom. The van der Waals surface area contributed by atoms with Crippen molar-refractivity contribution in [2.75, 3.05) is 13.2 Å². The number of aromatic amines is 1. The Balaban J connectivity index is 2.74. The quantitative estimate of drug-likeness (QED) is 0.753. The predicted octanol–water partition coefficient (Wildman–Crippen LogP) is 2.03. The number of ether oxygens (including phenoxy) is 2. The molecule has 0 aliphatic carbocycles. The number of halogens is 3. The van der Waals surface area contributed by atoms with E-state index < -0.39 is 37.2 Å². The number of H-pyrrole nitrogens is 1. The molecule has 1 rings (SSSR count). The van der Waals surface area contributed by atoms with Crippen molar-refractivity contribution in [3.63, 3.8) is 0 Å². The van der Waals surface area contributed by atoms with E-state index in [1.807, 2.05) is 0 Å². The first-order chi connectivity index (χ1) is 11.4. The Hall–Kier alpha value is -2.52. The van der Waals surface area contributed by atoms with Crippen LogP contribution in [0.1, 0.15) is 46.0 Å². The molecule has 10 heteroatoms. The Kier molecular flexibility index (Phi) is 6.60. The van der Waals surface area contributed by atoms with Gasteiger partial charge in [-0.2, -0.15) is 13.2 Å². The third kappa shape index (κ3) is 6.12. The molecule has 140 valence electrons. The molecule has 0 saturated heterocycles. The lowest BCUT2D eigenvalue weighted by atomic mass is 10.1. The summed E-state index contributed by atoms with van der Waals surface area (Å²) >= 11 is 0. The lowest BCUT2D eigenvalue weighted by Crippen LogP contribution is -2.36. The highest BCUT2D eigenvalue weighted by molar-refractivity contribution is 5.99. The van der Waals surface area contributed by atoms with Crippen LogP contribution in [0.2, 0.25) is 0 Å². The molecule has 0 bridgehead atoms. The van der Waals surface area contributed by atoms with Crippen molar-refractivity contribution < 1.29 is 37.0 Å². The van der Waals surface area contributed by atoms with Crippen molar-refractivity contribution in [2.24, 2.45) is 0 Å². The number of amides is 1. The maximum absolute atomic E-state index is 12.0. The normalized spacial score (nSPS) is 11.4. The molecule has 0 unspecified atom stereocenters. The van der Waals surface area contributed by atoms with Gasteiger partial charge in [0, 0.05) is 5.69 Å². The molecule has 1 heterocycles. The number of nitrogens with one attached hydrogen (secondary N) is 2. The van der Waals surface area contributed by atoms with Crippen LogP contribution in [0.15, 0.2) is 0 Å². The molecule has 0 spiro atoms. The van der Waals surface area contributed by atoms with Crippen LogP contribution in [-0.2, 0) is 14.3 Å². The number of alkyl halides is 3. The van der Waals surface area contributed by atoms with E-state index in [4.69, 9.17) is 4.74 Å². The number of carbonyl (C=O) groups excluding carboxylic acids is 3. The number of carbonyl (C=O) groups is 3. The third-order valence-corrected chi connectivity index (χ3v) is 3.01. The zero-order valence-electron chi connectivity index (χ0n) is 14.2. The van der Waals surface area contributed by atoms with Gasteiger partial charge in [-0.05, 0) is 33.3 Å². The van der Waals surface area contributed by atoms with Gasteiger partial charge in [-0.25, -0.2) is 9.59 Å². The molecule has 7 nitrogen and oxygen atoms in total. The van der Waals surface area contributed by atoms with Gasteiger partial charge in [-0.15, -0.1) is 0 Å². The smallest absolute Gasteiger partial charge is 0.405 e. The minimum absolute atomic E-state index is 0.0724.